The van der Waals surface area contributed by atoms with Gasteiger partial charge in [0, 0.05) is 0 Å². The van der Waals surface area contributed by atoms with E-state index in [1.165, 1.54) is 103 Å². The zero-order valence-electron chi connectivity index (χ0n) is 25.0. The molecule has 10 heteroatoms. The Bertz CT molecular complexity index is 723. The van der Waals surface area contributed by atoms with Crippen LogP contribution in [0.3, 0.4) is 0 Å². The van der Waals surface area contributed by atoms with E-state index in [0.717, 1.165) is 47.3 Å². The summed E-state index contributed by atoms with van der Waals surface area (Å²) in [5.74, 6) is 5.97. The van der Waals surface area contributed by atoms with Crippen LogP contribution in [0.4, 0.5) is 0 Å². The molecule has 0 spiro atoms. The zero-order chi connectivity index (χ0) is 26.2. The number of fused-ring (bicyclic) bond motifs is 20. The number of nitrogens with one attached hydrogen (secondary N) is 8. The molecule has 0 amide bonds. The molecule has 42 heavy (non-hydrogen) atoms. The van der Waals surface area contributed by atoms with Crippen LogP contribution in [0.5, 0.6) is 0 Å². The Morgan fingerprint density at radius 2 is 0.357 bits per heavy atom. The molecule has 240 valence electrons. The fraction of sp³-hybridized carbons (Fsp3) is 1.00. The quantitative estimate of drug-likeness (QED) is 0.194. The smallest absolute Gasteiger partial charge is 0.0628 e. The van der Waals surface area contributed by atoms with Crippen molar-refractivity contribution in [3.8, 4) is 0 Å². The molecule has 5 heterocycles. The lowest BCUT2D eigenvalue weighted by atomic mass is 9.76. The van der Waals surface area contributed by atoms with Crippen molar-refractivity contribution in [2.75, 3.05) is 0 Å². The second kappa shape index (κ2) is 12.8. The van der Waals surface area contributed by atoms with E-state index in [0.29, 0.717) is 49.3 Å². The third-order valence-corrected chi connectivity index (χ3v) is 13.8. The van der Waals surface area contributed by atoms with Gasteiger partial charge in [-0.2, -0.15) is 0 Å². The molecule has 8 nitrogen and oxygen atoms in total. The van der Waals surface area contributed by atoms with Gasteiger partial charge in [0.25, 0.3) is 0 Å². The summed E-state index contributed by atoms with van der Waals surface area (Å²) in [6.07, 6.45) is 25.6. The number of halogens is 1. The monoisotopic (exact) mass is 620 g/mol. The number of hydrogen-bond donors (Lipinski definition) is 8. The maximum Gasteiger partial charge on any atom is 0.0628 e. The molecule has 0 aromatic carbocycles. The van der Waals surface area contributed by atoms with Crippen LogP contribution in [0.1, 0.15) is 103 Å². The van der Waals surface area contributed by atoms with E-state index in [9.17, 15) is 0 Å². The predicted molar refractivity (Wildman–Crippen MR) is 176 cm³/mol. The van der Waals surface area contributed by atoms with Crippen LogP contribution in [0.25, 0.3) is 0 Å². The van der Waals surface area contributed by atoms with Gasteiger partial charge in [-0.1, -0.05) is 51.4 Å². The first-order valence-corrected chi connectivity index (χ1v) is 17.9. The summed E-state index contributed by atoms with van der Waals surface area (Å²) in [6.45, 7) is 0. The van der Waals surface area contributed by atoms with E-state index < -0.39 is 0 Å². The Morgan fingerprint density at radius 3 is 0.476 bits per heavy atom. The van der Waals surface area contributed by atoms with Gasteiger partial charge in [-0.25, -0.2) is 0 Å². The summed E-state index contributed by atoms with van der Waals surface area (Å²) in [7, 11) is 0. The van der Waals surface area contributed by atoms with E-state index in [-0.39, 0.29) is 23.4 Å². The van der Waals surface area contributed by atoms with Crippen LogP contribution in [0, 0.1) is 47.3 Å². The Kier molecular flexibility index (Phi) is 9.37. The lowest BCUT2D eigenvalue weighted by Gasteiger charge is -2.35. The summed E-state index contributed by atoms with van der Waals surface area (Å²) >= 11 is 0. The Balaban J connectivity index is 0.00000144. The number of hydrogen-bond acceptors (Lipinski definition) is 8. The van der Waals surface area contributed by atoms with Gasteiger partial charge in [-0.15, -0.1) is 12.4 Å². The first kappa shape index (κ1) is 30.8. The summed E-state index contributed by atoms with van der Waals surface area (Å²) in [4.78, 5) is 0. The van der Waals surface area contributed by atoms with Crippen LogP contribution in [-0.2, 0) is 0 Å². The maximum atomic E-state index is 4.26. The lowest BCUT2D eigenvalue weighted by Crippen LogP contribution is -2.61. The Labute approximate surface area is 264 Å². The predicted octanol–water partition coefficient (Wildman–Crippen LogP) is 1.58. The van der Waals surface area contributed by atoms with Crippen LogP contribution in [-0.4, -0.2) is 60.3 Å². The van der Waals surface area contributed by atoms with Crippen LogP contribution in [0.15, 0.2) is 0 Å². The number of rotatable bonds is 0. The summed E-state index contributed by atoms with van der Waals surface area (Å²) in [5.41, 5.74) is 0. The van der Waals surface area contributed by atoms with Gasteiger partial charge < -0.3 is 0 Å². The maximum absolute atomic E-state index is 4.26. The van der Waals surface area contributed by atoms with Crippen molar-refractivity contribution >= 4 is 23.4 Å². The largest absolute Gasteiger partial charge is 0.286 e. The van der Waals surface area contributed by atoms with Gasteiger partial charge in [0.2, 0.25) is 0 Å². The highest BCUT2D eigenvalue weighted by Gasteiger charge is 2.54. The van der Waals surface area contributed by atoms with Gasteiger partial charge in [0.1, 0.15) is 0 Å². The van der Waals surface area contributed by atoms with Crippen molar-refractivity contribution in [1.29, 1.82) is 0 Å². The van der Waals surface area contributed by atoms with Crippen molar-refractivity contribution in [3.63, 3.8) is 0 Å². The second-order valence-electron chi connectivity index (χ2n) is 15.6. The van der Waals surface area contributed by atoms with Gasteiger partial charge in [0.05, 0.1) is 49.3 Å². The highest BCUT2D eigenvalue weighted by molar-refractivity contribution is 5.85. The molecule has 4 aliphatic carbocycles. The van der Waals surface area contributed by atoms with Crippen molar-refractivity contribution in [3.05, 3.63) is 0 Å². The summed E-state index contributed by atoms with van der Waals surface area (Å²) in [6, 6.07) is 0. The minimum atomic E-state index is 0. The van der Waals surface area contributed by atoms with Crippen molar-refractivity contribution in [2.45, 2.75) is 152 Å². The average molecular weight is 621 g/mol. The van der Waals surface area contributed by atoms with E-state index in [1.807, 2.05) is 0 Å². The molecule has 8 bridgehead atoms. The molecule has 8 N–H and O–H groups in total. The third kappa shape index (κ3) is 5.27. The van der Waals surface area contributed by atoms with Crippen LogP contribution in [0.2, 0.25) is 0 Å². The molecule has 5 aliphatic heterocycles. The fourth-order valence-corrected chi connectivity index (χ4v) is 12.0. The SMILES string of the molecule is C1CCC2C3NC(NC4NC(NC5NC(NC6NC(N3)C3CCCCC63)C3CCCCC53)C3CCCCC43)C2C1.Cl.[SiH4]. The molecule has 0 aromatic heterocycles. The third-order valence-electron chi connectivity index (χ3n) is 13.8. The van der Waals surface area contributed by atoms with Gasteiger partial charge in [-0.3, -0.25) is 42.5 Å². The molecule has 5 saturated heterocycles. The van der Waals surface area contributed by atoms with Crippen LogP contribution >= 0.6 is 12.4 Å². The highest BCUT2D eigenvalue weighted by atomic mass is 35.5. The molecule has 0 aromatic rings. The zero-order valence-corrected chi connectivity index (χ0v) is 25.8. The van der Waals surface area contributed by atoms with E-state index in [2.05, 4.69) is 42.5 Å². The highest BCUT2D eigenvalue weighted by Crippen LogP contribution is 2.45. The first-order valence-electron chi connectivity index (χ1n) is 17.9. The topological polar surface area (TPSA) is 96.2 Å². The molecule has 8 unspecified atom stereocenters. The molecule has 0 radical (unpaired) electrons. The first-order chi connectivity index (χ1) is 19.8. The van der Waals surface area contributed by atoms with E-state index in [1.54, 1.807) is 0 Å². The van der Waals surface area contributed by atoms with E-state index >= 15 is 0 Å². The van der Waals surface area contributed by atoms with Gasteiger partial charge in [0.15, 0.2) is 0 Å². The van der Waals surface area contributed by atoms with Crippen molar-refractivity contribution in [2.24, 2.45) is 47.3 Å². The molecular formula is C32H61ClN8Si. The van der Waals surface area contributed by atoms with Crippen molar-refractivity contribution in [1.82, 2.24) is 42.5 Å². The van der Waals surface area contributed by atoms with Crippen molar-refractivity contribution < 1.29 is 0 Å². The minimum absolute atomic E-state index is 0. The second-order valence-corrected chi connectivity index (χ2v) is 15.6. The van der Waals surface area contributed by atoms with Gasteiger partial charge >= 0.3 is 0 Å². The molecule has 9 aliphatic rings. The van der Waals surface area contributed by atoms with E-state index in [4.69, 9.17) is 0 Å². The molecular weight excluding hydrogens is 560 g/mol. The molecule has 9 rings (SSSR count). The summed E-state index contributed by atoms with van der Waals surface area (Å²) in [5, 5.41) is 33.8. The molecule has 8 atom stereocenters. The van der Waals surface area contributed by atoms with Gasteiger partial charge in [-0.05, 0) is 110 Å². The van der Waals surface area contributed by atoms with Crippen LogP contribution < -0.4 is 42.5 Å². The molecule has 4 saturated carbocycles. The normalized spacial score (nSPS) is 54.9. The summed E-state index contributed by atoms with van der Waals surface area (Å²) < 4.78 is 0. The molecule has 9 fully saturated rings. The minimum Gasteiger partial charge on any atom is -0.286 e. The lowest BCUT2D eigenvalue weighted by molar-refractivity contribution is 0.167. The standard InChI is InChI=1S/C32H56N8.ClH.H4Si/c1-2-10-18-17(9-1)25-33-26(18)38-28-21-13-5-6-14-22(21)30(35-28)40-32-24-16-8-7-15-23(24)31(36-32)39-29-20-12-4-3-11-19(20)27(34-29)37-25;;/h17-40H,1-16H2;1H;1H4. The Morgan fingerprint density at radius 1 is 0.238 bits per heavy atom. The average Bonchev–Trinajstić information content (AvgIpc) is 3.73. The fourth-order valence-electron chi connectivity index (χ4n) is 12.0. The Hall–Kier alpha value is 0.187.